The van der Waals surface area contributed by atoms with Crippen LogP contribution in [0.25, 0.3) is 0 Å². The first kappa shape index (κ1) is 10.0. The lowest BCUT2D eigenvalue weighted by atomic mass is 10.1. The van der Waals surface area contributed by atoms with Crippen molar-refractivity contribution in [2.75, 3.05) is 18.0 Å². The van der Waals surface area contributed by atoms with Crippen molar-refractivity contribution >= 4 is 5.69 Å². The topological polar surface area (TPSA) is 27.0 Å². The molecule has 1 heterocycles. The van der Waals surface area contributed by atoms with E-state index in [1.807, 2.05) is 6.07 Å². The van der Waals surface area contributed by atoms with E-state index in [1.165, 1.54) is 18.4 Å². The summed E-state index contributed by atoms with van der Waals surface area (Å²) >= 11 is 0. The summed E-state index contributed by atoms with van der Waals surface area (Å²) in [5.41, 5.74) is 3.19. The van der Waals surface area contributed by atoms with Crippen LogP contribution in [0.5, 0.6) is 0 Å². The maximum atomic E-state index is 9.12. The van der Waals surface area contributed by atoms with Gasteiger partial charge in [0, 0.05) is 13.1 Å². The van der Waals surface area contributed by atoms with Crippen molar-refractivity contribution in [2.45, 2.75) is 26.2 Å². The fourth-order valence-electron chi connectivity index (χ4n) is 2.13. The lowest BCUT2D eigenvalue weighted by molar-refractivity contribution is 0.949. The van der Waals surface area contributed by atoms with Crippen LogP contribution in [0, 0.1) is 11.3 Å². The minimum Gasteiger partial charge on any atom is -0.370 e. The van der Waals surface area contributed by atoms with Crippen molar-refractivity contribution in [2.24, 2.45) is 0 Å². The molecule has 0 atom stereocenters. The highest BCUT2D eigenvalue weighted by atomic mass is 15.1. The number of anilines is 1. The standard InChI is InChI=1S/C13H16N2/c1-2-11-5-6-13(12(9-11)10-14)15-7-3-4-8-15/h5-6,9H,2-4,7-8H2,1H3. The molecule has 0 spiro atoms. The van der Waals surface area contributed by atoms with Gasteiger partial charge in [0.2, 0.25) is 0 Å². The van der Waals surface area contributed by atoms with Crippen molar-refractivity contribution in [3.63, 3.8) is 0 Å². The van der Waals surface area contributed by atoms with Crippen molar-refractivity contribution in [3.8, 4) is 6.07 Å². The van der Waals surface area contributed by atoms with Crippen molar-refractivity contribution in [1.82, 2.24) is 0 Å². The van der Waals surface area contributed by atoms with Crippen molar-refractivity contribution in [3.05, 3.63) is 29.3 Å². The van der Waals surface area contributed by atoms with Crippen LogP contribution in [0.4, 0.5) is 5.69 Å². The predicted octanol–water partition coefficient (Wildman–Crippen LogP) is 2.72. The van der Waals surface area contributed by atoms with Gasteiger partial charge in [-0.2, -0.15) is 5.26 Å². The second kappa shape index (κ2) is 4.35. The molecule has 1 aromatic carbocycles. The molecule has 2 heteroatoms. The zero-order valence-corrected chi connectivity index (χ0v) is 9.16. The molecule has 2 nitrogen and oxygen atoms in total. The second-order valence-electron chi connectivity index (χ2n) is 4.01. The van der Waals surface area contributed by atoms with Gasteiger partial charge in [0.1, 0.15) is 6.07 Å². The average molecular weight is 200 g/mol. The van der Waals surface area contributed by atoms with Crippen molar-refractivity contribution < 1.29 is 0 Å². The molecule has 1 aromatic rings. The molecule has 0 saturated carbocycles. The number of aryl methyl sites for hydroxylation is 1. The molecular weight excluding hydrogens is 184 g/mol. The number of nitrogens with zero attached hydrogens (tertiary/aromatic N) is 2. The Bertz CT molecular complexity index is 384. The molecule has 0 aromatic heterocycles. The number of nitriles is 1. The Morgan fingerprint density at radius 3 is 2.67 bits per heavy atom. The number of rotatable bonds is 2. The third-order valence-electron chi connectivity index (χ3n) is 3.04. The van der Waals surface area contributed by atoms with Crippen LogP contribution < -0.4 is 4.90 Å². The lowest BCUT2D eigenvalue weighted by Gasteiger charge is -2.19. The number of hydrogen-bond acceptors (Lipinski definition) is 2. The van der Waals surface area contributed by atoms with Gasteiger partial charge >= 0.3 is 0 Å². The van der Waals surface area contributed by atoms with Crippen LogP contribution in [-0.2, 0) is 6.42 Å². The summed E-state index contributed by atoms with van der Waals surface area (Å²) in [6, 6.07) is 8.56. The van der Waals surface area contributed by atoms with E-state index in [-0.39, 0.29) is 0 Å². The maximum Gasteiger partial charge on any atom is 0.101 e. The summed E-state index contributed by atoms with van der Waals surface area (Å²) in [7, 11) is 0. The van der Waals surface area contributed by atoms with Gasteiger partial charge in [-0.25, -0.2) is 0 Å². The van der Waals surface area contributed by atoms with Gasteiger partial charge in [0.15, 0.2) is 0 Å². The monoisotopic (exact) mass is 200 g/mol. The van der Waals surface area contributed by atoms with Gasteiger partial charge in [0.25, 0.3) is 0 Å². The zero-order chi connectivity index (χ0) is 10.7. The van der Waals surface area contributed by atoms with E-state index in [0.717, 1.165) is 30.8 Å². The van der Waals surface area contributed by atoms with Crippen molar-refractivity contribution in [1.29, 1.82) is 5.26 Å². The van der Waals surface area contributed by atoms with E-state index in [1.54, 1.807) is 0 Å². The van der Waals surface area contributed by atoms with E-state index in [0.29, 0.717) is 0 Å². The SMILES string of the molecule is CCc1ccc(N2CCCC2)c(C#N)c1. The Morgan fingerprint density at radius 1 is 1.33 bits per heavy atom. The molecule has 0 aliphatic carbocycles. The summed E-state index contributed by atoms with van der Waals surface area (Å²) in [5.74, 6) is 0. The van der Waals surface area contributed by atoms with Crippen LogP contribution in [0.15, 0.2) is 18.2 Å². The van der Waals surface area contributed by atoms with Crippen LogP contribution in [0.1, 0.15) is 30.9 Å². The molecule has 0 radical (unpaired) electrons. The van der Waals surface area contributed by atoms with Gasteiger partial charge in [-0.1, -0.05) is 13.0 Å². The number of hydrogen-bond donors (Lipinski definition) is 0. The molecular formula is C13H16N2. The van der Waals surface area contributed by atoms with Gasteiger partial charge in [-0.05, 0) is 37.0 Å². The Hall–Kier alpha value is -1.49. The Kier molecular flexibility index (Phi) is 2.91. The Balaban J connectivity index is 2.34. The normalized spacial score (nSPS) is 15.3. The summed E-state index contributed by atoms with van der Waals surface area (Å²) in [6.07, 6.45) is 3.50. The average Bonchev–Trinajstić information content (AvgIpc) is 2.81. The molecule has 0 amide bonds. The summed E-state index contributed by atoms with van der Waals surface area (Å²) in [6.45, 7) is 4.31. The number of benzene rings is 1. The molecule has 1 aliphatic rings. The van der Waals surface area contributed by atoms with E-state index in [9.17, 15) is 0 Å². The minimum atomic E-state index is 0.830. The summed E-state index contributed by atoms with van der Waals surface area (Å²) < 4.78 is 0. The quantitative estimate of drug-likeness (QED) is 0.734. The van der Waals surface area contributed by atoms with Gasteiger partial charge in [0.05, 0.1) is 11.3 Å². The maximum absolute atomic E-state index is 9.12. The predicted molar refractivity (Wildman–Crippen MR) is 62.0 cm³/mol. The van der Waals surface area contributed by atoms with E-state index in [2.05, 4.69) is 30.0 Å². The molecule has 2 rings (SSSR count). The van der Waals surface area contributed by atoms with Crippen LogP contribution in [-0.4, -0.2) is 13.1 Å². The molecule has 0 unspecified atom stereocenters. The van der Waals surface area contributed by atoms with Crippen LogP contribution >= 0.6 is 0 Å². The Labute approximate surface area is 91.1 Å². The summed E-state index contributed by atoms with van der Waals surface area (Å²) in [5, 5.41) is 9.12. The highest BCUT2D eigenvalue weighted by Gasteiger charge is 2.15. The van der Waals surface area contributed by atoms with E-state index < -0.39 is 0 Å². The minimum absolute atomic E-state index is 0.830. The molecule has 0 bridgehead atoms. The molecule has 1 saturated heterocycles. The van der Waals surface area contributed by atoms with E-state index in [4.69, 9.17) is 5.26 Å². The largest absolute Gasteiger partial charge is 0.370 e. The molecule has 0 N–H and O–H groups in total. The first-order chi connectivity index (χ1) is 7.35. The molecule has 1 aliphatic heterocycles. The molecule has 78 valence electrons. The molecule has 1 fully saturated rings. The van der Waals surface area contributed by atoms with Gasteiger partial charge in [-0.15, -0.1) is 0 Å². The third-order valence-corrected chi connectivity index (χ3v) is 3.04. The Morgan fingerprint density at radius 2 is 2.07 bits per heavy atom. The smallest absolute Gasteiger partial charge is 0.101 e. The third kappa shape index (κ3) is 1.97. The lowest BCUT2D eigenvalue weighted by Crippen LogP contribution is -2.18. The first-order valence-electron chi connectivity index (χ1n) is 5.63. The van der Waals surface area contributed by atoms with E-state index >= 15 is 0 Å². The first-order valence-corrected chi connectivity index (χ1v) is 5.63. The van der Waals surface area contributed by atoms with Gasteiger partial charge in [-0.3, -0.25) is 0 Å². The zero-order valence-electron chi connectivity index (χ0n) is 9.16. The van der Waals surface area contributed by atoms with Crippen LogP contribution in [0.3, 0.4) is 0 Å². The molecule has 15 heavy (non-hydrogen) atoms. The summed E-state index contributed by atoms with van der Waals surface area (Å²) in [4.78, 5) is 2.32. The second-order valence-corrected chi connectivity index (χ2v) is 4.01. The highest BCUT2D eigenvalue weighted by molar-refractivity contribution is 5.60. The fourth-order valence-corrected chi connectivity index (χ4v) is 2.13. The fraction of sp³-hybridized carbons (Fsp3) is 0.462. The van der Waals surface area contributed by atoms with Gasteiger partial charge < -0.3 is 4.90 Å². The van der Waals surface area contributed by atoms with Crippen LogP contribution in [0.2, 0.25) is 0 Å². The highest BCUT2D eigenvalue weighted by Crippen LogP contribution is 2.25.